The molecule has 0 saturated carbocycles. The van der Waals surface area contributed by atoms with Crippen LogP contribution in [-0.2, 0) is 11.3 Å². The third kappa shape index (κ3) is 3.11. The third-order valence-electron chi connectivity index (χ3n) is 3.40. The summed E-state index contributed by atoms with van der Waals surface area (Å²) in [5.74, 6) is -1.85. The number of hydrogen-bond acceptors (Lipinski definition) is 2. The van der Waals surface area contributed by atoms with E-state index in [1.807, 2.05) is 24.3 Å². The van der Waals surface area contributed by atoms with Gasteiger partial charge < -0.3 is 10.3 Å². The van der Waals surface area contributed by atoms with Crippen molar-refractivity contribution < 1.29 is 13.6 Å². The van der Waals surface area contributed by atoms with Crippen molar-refractivity contribution in [3.8, 4) is 0 Å². The minimum absolute atomic E-state index is 0.0399. The maximum Gasteiger partial charge on any atom is 0.237 e. The second kappa shape index (κ2) is 6.00. The summed E-state index contributed by atoms with van der Waals surface area (Å²) in [5.41, 5.74) is 6.82. The van der Waals surface area contributed by atoms with Gasteiger partial charge in [0.2, 0.25) is 5.91 Å². The van der Waals surface area contributed by atoms with Crippen LogP contribution in [0, 0.1) is 11.6 Å². The summed E-state index contributed by atoms with van der Waals surface area (Å²) in [6, 6.07) is 10.6. The maximum atomic E-state index is 13.6. The van der Waals surface area contributed by atoms with Crippen LogP contribution in [0.4, 0.5) is 14.5 Å². The zero-order valence-corrected chi connectivity index (χ0v) is 12.0. The van der Waals surface area contributed by atoms with Crippen LogP contribution < -0.4 is 5.73 Å². The first-order valence-electron chi connectivity index (χ1n) is 6.90. The van der Waals surface area contributed by atoms with Gasteiger partial charge in [0, 0.05) is 34.9 Å². The third-order valence-corrected chi connectivity index (χ3v) is 3.40. The van der Waals surface area contributed by atoms with E-state index < -0.39 is 17.5 Å². The number of fused-ring (bicyclic) bond motifs is 1. The predicted octanol–water partition coefficient (Wildman–Crippen LogP) is 3.16. The van der Waals surface area contributed by atoms with Gasteiger partial charge in [0.1, 0.15) is 12.4 Å². The second-order valence-electron chi connectivity index (χ2n) is 5.05. The van der Waals surface area contributed by atoms with E-state index in [9.17, 15) is 13.6 Å². The molecule has 0 saturated heterocycles. The fourth-order valence-corrected chi connectivity index (χ4v) is 2.40. The van der Waals surface area contributed by atoms with Crippen molar-refractivity contribution in [3.63, 3.8) is 0 Å². The quantitative estimate of drug-likeness (QED) is 0.739. The first-order valence-corrected chi connectivity index (χ1v) is 6.90. The van der Waals surface area contributed by atoms with Crippen LogP contribution in [0.3, 0.4) is 0 Å². The normalized spacial score (nSPS) is 11.4. The molecule has 23 heavy (non-hydrogen) atoms. The average Bonchev–Trinajstić information content (AvgIpc) is 2.84. The summed E-state index contributed by atoms with van der Waals surface area (Å²) in [6.07, 6.45) is 3.20. The van der Waals surface area contributed by atoms with E-state index >= 15 is 0 Å². The van der Waals surface area contributed by atoms with Crippen LogP contribution in [0.5, 0.6) is 0 Å². The Morgan fingerprint density at radius 3 is 2.74 bits per heavy atom. The molecule has 116 valence electrons. The molecule has 0 aliphatic rings. The number of halogens is 2. The molecule has 0 atom stereocenters. The number of rotatable bonds is 4. The SMILES string of the molecule is NC(=O)Cn1cc(C=Nc2ccc(F)cc2F)c2ccccc21. The van der Waals surface area contributed by atoms with Gasteiger partial charge in [-0.05, 0) is 18.2 Å². The summed E-state index contributed by atoms with van der Waals surface area (Å²) in [7, 11) is 0. The van der Waals surface area contributed by atoms with Crippen molar-refractivity contribution in [1.29, 1.82) is 0 Å². The van der Waals surface area contributed by atoms with Crippen LogP contribution >= 0.6 is 0 Å². The highest BCUT2D eigenvalue weighted by molar-refractivity contribution is 6.00. The number of amides is 1. The van der Waals surface area contributed by atoms with Crippen molar-refractivity contribution in [3.05, 3.63) is 65.9 Å². The molecule has 0 bridgehead atoms. The van der Waals surface area contributed by atoms with Crippen molar-refractivity contribution in [2.45, 2.75) is 6.54 Å². The summed E-state index contributed by atoms with van der Waals surface area (Å²) < 4.78 is 28.2. The Labute approximate surface area is 130 Å². The highest BCUT2D eigenvalue weighted by Gasteiger charge is 2.08. The smallest absolute Gasteiger partial charge is 0.237 e. The molecule has 0 spiro atoms. The predicted molar refractivity (Wildman–Crippen MR) is 84.7 cm³/mol. The second-order valence-corrected chi connectivity index (χ2v) is 5.05. The Balaban J connectivity index is 2.02. The van der Waals surface area contributed by atoms with Crippen LogP contribution in [0.25, 0.3) is 10.9 Å². The number of aliphatic imine (C=N–C) groups is 1. The topological polar surface area (TPSA) is 60.4 Å². The van der Waals surface area contributed by atoms with Crippen molar-refractivity contribution in [2.75, 3.05) is 0 Å². The van der Waals surface area contributed by atoms with E-state index in [2.05, 4.69) is 4.99 Å². The van der Waals surface area contributed by atoms with Gasteiger partial charge in [0.05, 0.1) is 5.69 Å². The lowest BCUT2D eigenvalue weighted by Gasteiger charge is -2.00. The molecule has 4 nitrogen and oxygen atoms in total. The Morgan fingerprint density at radius 1 is 1.22 bits per heavy atom. The number of nitrogens with two attached hydrogens (primary N) is 1. The molecule has 1 heterocycles. The van der Waals surface area contributed by atoms with Crippen molar-refractivity contribution in [2.24, 2.45) is 10.7 Å². The van der Waals surface area contributed by atoms with E-state index in [4.69, 9.17) is 5.73 Å². The van der Waals surface area contributed by atoms with E-state index in [-0.39, 0.29) is 12.2 Å². The molecular weight excluding hydrogens is 300 g/mol. The largest absolute Gasteiger partial charge is 0.368 e. The van der Waals surface area contributed by atoms with Crippen LogP contribution in [0.2, 0.25) is 0 Å². The Hall–Kier alpha value is -3.02. The van der Waals surface area contributed by atoms with E-state index in [1.165, 1.54) is 12.3 Å². The molecule has 6 heteroatoms. The molecule has 1 aromatic heterocycles. The first kappa shape index (κ1) is 14.9. The standard InChI is InChI=1S/C17H13F2N3O/c18-12-5-6-15(14(19)7-12)21-8-11-9-22(10-17(20)23)16-4-2-1-3-13(11)16/h1-9H,10H2,(H2,20,23). The van der Waals surface area contributed by atoms with Crippen LogP contribution in [0.15, 0.2) is 53.7 Å². The van der Waals surface area contributed by atoms with Crippen molar-refractivity contribution in [1.82, 2.24) is 4.57 Å². The highest BCUT2D eigenvalue weighted by atomic mass is 19.1. The number of hydrogen-bond donors (Lipinski definition) is 1. The Kier molecular flexibility index (Phi) is 3.89. The average molecular weight is 313 g/mol. The molecule has 3 aromatic rings. The van der Waals surface area contributed by atoms with Crippen LogP contribution in [0.1, 0.15) is 5.56 Å². The lowest BCUT2D eigenvalue weighted by atomic mass is 10.2. The Bertz CT molecular complexity index is 915. The van der Waals surface area contributed by atoms with Gasteiger partial charge in [-0.2, -0.15) is 0 Å². The lowest BCUT2D eigenvalue weighted by Crippen LogP contribution is -2.17. The summed E-state index contributed by atoms with van der Waals surface area (Å²) >= 11 is 0. The van der Waals surface area contributed by atoms with Gasteiger partial charge in [0.25, 0.3) is 0 Å². The molecule has 0 aliphatic heterocycles. The molecule has 0 aliphatic carbocycles. The lowest BCUT2D eigenvalue weighted by molar-refractivity contribution is -0.118. The number of primary amides is 1. The van der Waals surface area contributed by atoms with Gasteiger partial charge in [-0.15, -0.1) is 0 Å². The monoisotopic (exact) mass is 313 g/mol. The molecule has 0 fully saturated rings. The number of aromatic nitrogens is 1. The van der Waals surface area contributed by atoms with E-state index in [1.54, 1.807) is 10.8 Å². The van der Waals surface area contributed by atoms with Gasteiger partial charge >= 0.3 is 0 Å². The van der Waals surface area contributed by atoms with Gasteiger partial charge in [0.15, 0.2) is 5.82 Å². The van der Waals surface area contributed by atoms with E-state index in [0.717, 1.165) is 23.0 Å². The fraction of sp³-hybridized carbons (Fsp3) is 0.0588. The minimum atomic E-state index is -0.734. The molecule has 2 aromatic carbocycles. The Morgan fingerprint density at radius 2 is 2.00 bits per heavy atom. The van der Waals surface area contributed by atoms with Gasteiger partial charge in [-0.1, -0.05) is 18.2 Å². The molecule has 1 amide bonds. The number of carbonyl (C=O) groups excluding carboxylic acids is 1. The summed E-state index contributed by atoms with van der Waals surface area (Å²) in [4.78, 5) is 15.2. The minimum Gasteiger partial charge on any atom is -0.368 e. The number of carbonyl (C=O) groups is 1. The van der Waals surface area contributed by atoms with Crippen molar-refractivity contribution >= 4 is 28.7 Å². The van der Waals surface area contributed by atoms with Gasteiger partial charge in [-0.25, -0.2) is 8.78 Å². The first-order chi connectivity index (χ1) is 11.0. The molecule has 0 unspecified atom stereocenters. The number of para-hydroxylation sites is 1. The zero-order valence-electron chi connectivity index (χ0n) is 12.0. The number of nitrogens with zero attached hydrogens (tertiary/aromatic N) is 2. The zero-order chi connectivity index (χ0) is 16.4. The maximum absolute atomic E-state index is 13.6. The summed E-state index contributed by atoms with van der Waals surface area (Å²) in [6.45, 7) is 0.0409. The van der Waals surface area contributed by atoms with Gasteiger partial charge in [-0.3, -0.25) is 9.79 Å². The highest BCUT2D eigenvalue weighted by Crippen LogP contribution is 2.22. The van der Waals surface area contributed by atoms with E-state index in [0.29, 0.717) is 5.56 Å². The number of benzene rings is 2. The molecule has 0 radical (unpaired) electrons. The molecule has 2 N–H and O–H groups in total. The summed E-state index contributed by atoms with van der Waals surface area (Å²) in [5, 5.41) is 0.861. The molecular formula is C17H13F2N3O. The molecule has 3 rings (SSSR count). The van der Waals surface area contributed by atoms with Crippen LogP contribution in [-0.4, -0.2) is 16.7 Å². The fourth-order valence-electron chi connectivity index (χ4n) is 2.40.